The first-order valence-electron chi connectivity index (χ1n) is 10.4. The van der Waals surface area contributed by atoms with Crippen LogP contribution in [0, 0.1) is 0 Å². The Kier molecular flexibility index (Phi) is 13.9. The number of nitrogens with zero attached hydrogens (tertiary/aromatic N) is 3. The lowest BCUT2D eigenvalue weighted by molar-refractivity contribution is -0.127. The number of aliphatic imine (C=N–C) groups is 1. The summed E-state index contributed by atoms with van der Waals surface area (Å²) in [5.41, 5.74) is 0.979. The van der Waals surface area contributed by atoms with E-state index in [-0.39, 0.29) is 36.4 Å². The van der Waals surface area contributed by atoms with E-state index in [2.05, 4.69) is 27.1 Å². The van der Waals surface area contributed by atoms with Crippen LogP contribution in [0.4, 0.5) is 0 Å². The molecule has 1 saturated heterocycles. The lowest BCUT2D eigenvalue weighted by Gasteiger charge is -2.26. The molecular formula is C22H36IN5O3. The first-order valence-corrected chi connectivity index (χ1v) is 10.4. The molecule has 1 aliphatic rings. The van der Waals surface area contributed by atoms with Gasteiger partial charge >= 0.3 is 0 Å². The number of benzene rings is 1. The summed E-state index contributed by atoms with van der Waals surface area (Å²) in [7, 11) is 3.48. The number of amides is 1. The van der Waals surface area contributed by atoms with Gasteiger partial charge in [0, 0.05) is 39.3 Å². The van der Waals surface area contributed by atoms with Crippen LogP contribution in [-0.4, -0.2) is 88.3 Å². The number of hydrogen-bond donors (Lipinski definition) is 2. The van der Waals surface area contributed by atoms with Crippen LogP contribution in [0.25, 0.3) is 0 Å². The van der Waals surface area contributed by atoms with Crippen LogP contribution < -0.4 is 15.4 Å². The van der Waals surface area contributed by atoms with Crippen molar-refractivity contribution in [1.29, 1.82) is 0 Å². The Morgan fingerprint density at radius 2 is 2.03 bits per heavy atom. The highest BCUT2D eigenvalue weighted by atomic mass is 127. The van der Waals surface area contributed by atoms with Crippen molar-refractivity contribution in [2.75, 3.05) is 66.6 Å². The summed E-state index contributed by atoms with van der Waals surface area (Å²) in [6.45, 7) is 10.1. The molecule has 9 heteroatoms. The molecule has 1 aromatic carbocycles. The van der Waals surface area contributed by atoms with Crippen LogP contribution in [0.1, 0.15) is 12.0 Å². The number of morpholine rings is 1. The first kappa shape index (κ1) is 27.2. The molecular weight excluding hydrogens is 509 g/mol. The average molecular weight is 545 g/mol. The van der Waals surface area contributed by atoms with Gasteiger partial charge in [0.25, 0.3) is 0 Å². The van der Waals surface area contributed by atoms with Crippen LogP contribution in [0.3, 0.4) is 0 Å². The number of guanidine groups is 1. The molecule has 31 heavy (non-hydrogen) atoms. The molecule has 1 aromatic rings. The van der Waals surface area contributed by atoms with Gasteiger partial charge in [-0.25, -0.2) is 4.99 Å². The van der Waals surface area contributed by atoms with E-state index < -0.39 is 0 Å². The zero-order valence-corrected chi connectivity index (χ0v) is 21.0. The van der Waals surface area contributed by atoms with Crippen molar-refractivity contribution in [1.82, 2.24) is 20.4 Å². The standard InChI is InChI=1S/C22H35N5O3.HI/c1-4-14-30-20-9-6-5-8-19(20)17-24-22(25-18-21(28)26(2)3)23-10-7-11-27-12-15-29-16-13-27;/h4-6,8-9H,1,7,10-18H2,2-3H3,(H2,23,24,25);1H. The van der Waals surface area contributed by atoms with Crippen molar-refractivity contribution in [2.45, 2.75) is 13.0 Å². The molecule has 1 heterocycles. The topological polar surface area (TPSA) is 78.4 Å². The molecule has 0 aromatic heterocycles. The van der Waals surface area contributed by atoms with Crippen LogP contribution in [0.2, 0.25) is 0 Å². The first-order chi connectivity index (χ1) is 14.6. The summed E-state index contributed by atoms with van der Waals surface area (Å²) in [4.78, 5) is 20.6. The number of likely N-dealkylation sites (N-methyl/N-ethyl adjacent to an activating group) is 1. The number of ether oxygens (including phenoxy) is 2. The molecule has 2 N–H and O–H groups in total. The van der Waals surface area contributed by atoms with Gasteiger partial charge in [0.1, 0.15) is 12.4 Å². The second kappa shape index (κ2) is 15.9. The third-order valence-electron chi connectivity index (χ3n) is 4.69. The average Bonchev–Trinajstić information content (AvgIpc) is 2.77. The fraction of sp³-hybridized carbons (Fsp3) is 0.545. The summed E-state index contributed by atoms with van der Waals surface area (Å²) in [5, 5.41) is 6.47. The minimum Gasteiger partial charge on any atom is -0.489 e. The molecule has 0 saturated carbocycles. The lowest BCUT2D eigenvalue weighted by Crippen LogP contribution is -2.44. The van der Waals surface area contributed by atoms with Gasteiger partial charge in [-0.3, -0.25) is 9.69 Å². The number of para-hydroxylation sites is 1. The van der Waals surface area contributed by atoms with E-state index in [0.717, 1.165) is 57.1 Å². The Morgan fingerprint density at radius 3 is 2.74 bits per heavy atom. The molecule has 0 aliphatic carbocycles. The molecule has 1 aliphatic heterocycles. The van der Waals surface area contributed by atoms with Crippen molar-refractivity contribution in [3.05, 3.63) is 42.5 Å². The predicted molar refractivity (Wildman–Crippen MR) is 135 cm³/mol. The number of nitrogens with one attached hydrogen (secondary N) is 2. The molecule has 0 atom stereocenters. The zero-order chi connectivity index (χ0) is 21.6. The van der Waals surface area contributed by atoms with Gasteiger partial charge in [-0.15, -0.1) is 24.0 Å². The van der Waals surface area contributed by atoms with E-state index in [1.54, 1.807) is 25.1 Å². The number of hydrogen-bond acceptors (Lipinski definition) is 5. The molecule has 2 rings (SSSR count). The third kappa shape index (κ3) is 10.8. The van der Waals surface area contributed by atoms with Gasteiger partial charge in [-0.1, -0.05) is 30.9 Å². The summed E-state index contributed by atoms with van der Waals surface area (Å²) in [6.07, 6.45) is 2.71. The smallest absolute Gasteiger partial charge is 0.241 e. The van der Waals surface area contributed by atoms with Crippen molar-refractivity contribution in [3.8, 4) is 5.75 Å². The number of carbonyl (C=O) groups is 1. The molecule has 1 amide bonds. The number of halogens is 1. The Bertz CT molecular complexity index is 693. The SMILES string of the molecule is C=CCOc1ccccc1CN=C(NCCCN1CCOCC1)NCC(=O)N(C)C.I. The van der Waals surface area contributed by atoms with Gasteiger partial charge in [-0.05, 0) is 19.0 Å². The molecule has 8 nitrogen and oxygen atoms in total. The Hall–Kier alpha value is -1.85. The minimum absolute atomic E-state index is 0. The maximum absolute atomic E-state index is 12.0. The largest absolute Gasteiger partial charge is 0.489 e. The summed E-state index contributed by atoms with van der Waals surface area (Å²) in [6, 6.07) is 7.81. The van der Waals surface area contributed by atoms with Crippen molar-refractivity contribution in [2.24, 2.45) is 4.99 Å². The van der Waals surface area contributed by atoms with E-state index in [1.807, 2.05) is 24.3 Å². The fourth-order valence-corrected chi connectivity index (χ4v) is 2.91. The van der Waals surface area contributed by atoms with E-state index >= 15 is 0 Å². The molecule has 1 fully saturated rings. The highest BCUT2D eigenvalue weighted by Gasteiger charge is 2.10. The maximum atomic E-state index is 12.0. The molecule has 0 spiro atoms. The second-order valence-corrected chi connectivity index (χ2v) is 7.25. The third-order valence-corrected chi connectivity index (χ3v) is 4.69. The van der Waals surface area contributed by atoms with E-state index in [9.17, 15) is 4.79 Å². The van der Waals surface area contributed by atoms with Gasteiger partial charge in [0.05, 0.1) is 26.3 Å². The normalized spacial score (nSPS) is 14.3. The lowest BCUT2D eigenvalue weighted by atomic mass is 10.2. The summed E-state index contributed by atoms with van der Waals surface area (Å²) < 4.78 is 11.1. The Labute approximate surface area is 203 Å². The predicted octanol–water partition coefficient (Wildman–Crippen LogP) is 1.72. The molecule has 0 bridgehead atoms. The van der Waals surface area contributed by atoms with Crippen LogP contribution in [0.15, 0.2) is 41.9 Å². The van der Waals surface area contributed by atoms with Crippen molar-refractivity contribution >= 4 is 35.8 Å². The summed E-state index contributed by atoms with van der Waals surface area (Å²) >= 11 is 0. The second-order valence-electron chi connectivity index (χ2n) is 7.25. The van der Waals surface area contributed by atoms with E-state index in [0.29, 0.717) is 19.1 Å². The minimum atomic E-state index is -0.00691. The van der Waals surface area contributed by atoms with Crippen LogP contribution >= 0.6 is 24.0 Å². The molecule has 0 radical (unpaired) electrons. The monoisotopic (exact) mass is 545 g/mol. The van der Waals surface area contributed by atoms with Gasteiger partial charge in [-0.2, -0.15) is 0 Å². The fourth-order valence-electron chi connectivity index (χ4n) is 2.91. The zero-order valence-electron chi connectivity index (χ0n) is 18.6. The van der Waals surface area contributed by atoms with Crippen molar-refractivity contribution < 1.29 is 14.3 Å². The Morgan fingerprint density at radius 1 is 1.29 bits per heavy atom. The highest BCUT2D eigenvalue weighted by molar-refractivity contribution is 14.0. The number of carbonyl (C=O) groups excluding carboxylic acids is 1. The maximum Gasteiger partial charge on any atom is 0.241 e. The highest BCUT2D eigenvalue weighted by Crippen LogP contribution is 2.18. The van der Waals surface area contributed by atoms with E-state index in [4.69, 9.17) is 9.47 Å². The van der Waals surface area contributed by atoms with Gasteiger partial charge < -0.3 is 25.0 Å². The van der Waals surface area contributed by atoms with Crippen LogP contribution in [-0.2, 0) is 16.1 Å². The van der Waals surface area contributed by atoms with Crippen LogP contribution in [0.5, 0.6) is 5.75 Å². The Balaban J connectivity index is 0.00000480. The van der Waals surface area contributed by atoms with Gasteiger partial charge in [0.2, 0.25) is 5.91 Å². The summed E-state index contributed by atoms with van der Waals surface area (Å²) in [5.74, 6) is 1.40. The number of rotatable bonds is 11. The van der Waals surface area contributed by atoms with Crippen molar-refractivity contribution in [3.63, 3.8) is 0 Å². The van der Waals surface area contributed by atoms with Gasteiger partial charge in [0.15, 0.2) is 5.96 Å². The van der Waals surface area contributed by atoms with E-state index in [1.165, 1.54) is 0 Å². The quantitative estimate of drug-likeness (QED) is 0.145. The molecule has 0 unspecified atom stereocenters. The molecule has 174 valence electrons.